The van der Waals surface area contributed by atoms with Crippen LogP contribution in [-0.2, 0) is 6.54 Å². The Labute approximate surface area is 86.3 Å². The molecular weight excluding hydrogens is 192 g/mol. The van der Waals surface area contributed by atoms with Crippen molar-refractivity contribution in [3.8, 4) is 0 Å². The Hall–Kier alpha value is -1.22. The van der Waals surface area contributed by atoms with Crippen LogP contribution in [0.5, 0.6) is 0 Å². The molecule has 0 fully saturated rings. The fourth-order valence-corrected chi connectivity index (χ4v) is 3.03. The van der Waals surface area contributed by atoms with Crippen molar-refractivity contribution in [2.24, 2.45) is 4.99 Å². The Morgan fingerprint density at radius 1 is 1.29 bits per heavy atom. The fourth-order valence-electron chi connectivity index (χ4n) is 1.84. The van der Waals surface area contributed by atoms with Crippen LogP contribution in [-0.4, -0.2) is 10.7 Å². The molecular formula is C11H10N2S. The number of pyridine rings is 1. The van der Waals surface area contributed by atoms with Crippen molar-refractivity contribution in [3.05, 3.63) is 28.3 Å². The summed E-state index contributed by atoms with van der Waals surface area (Å²) in [6.45, 7) is 4.95. The third-order valence-corrected chi connectivity index (χ3v) is 3.85. The van der Waals surface area contributed by atoms with E-state index in [1.807, 2.05) is 6.92 Å². The van der Waals surface area contributed by atoms with Gasteiger partial charge in [-0.15, -0.1) is 11.3 Å². The summed E-state index contributed by atoms with van der Waals surface area (Å²) in [5.41, 5.74) is 3.63. The molecule has 0 saturated carbocycles. The second-order valence-electron chi connectivity index (χ2n) is 3.62. The smallest absolute Gasteiger partial charge is 0.124 e. The summed E-state index contributed by atoms with van der Waals surface area (Å²) < 4.78 is 0. The zero-order valence-corrected chi connectivity index (χ0v) is 8.98. The van der Waals surface area contributed by atoms with E-state index >= 15 is 0 Å². The van der Waals surface area contributed by atoms with Gasteiger partial charge in [0, 0.05) is 22.4 Å². The highest BCUT2D eigenvalue weighted by Crippen LogP contribution is 2.34. The second-order valence-corrected chi connectivity index (χ2v) is 4.62. The minimum absolute atomic E-state index is 0.839. The number of aliphatic imine (C=N–C) groups is 1. The molecule has 0 bridgehead atoms. The van der Waals surface area contributed by atoms with Crippen LogP contribution in [0.15, 0.2) is 17.1 Å². The molecule has 3 heterocycles. The van der Waals surface area contributed by atoms with Crippen LogP contribution in [0.2, 0.25) is 0 Å². The van der Waals surface area contributed by atoms with Gasteiger partial charge in [-0.1, -0.05) is 0 Å². The van der Waals surface area contributed by atoms with Crippen LogP contribution < -0.4 is 0 Å². The topological polar surface area (TPSA) is 25.2 Å². The van der Waals surface area contributed by atoms with Gasteiger partial charge in [0.2, 0.25) is 0 Å². The number of fused-ring (bicyclic) bond motifs is 3. The van der Waals surface area contributed by atoms with E-state index in [-0.39, 0.29) is 0 Å². The van der Waals surface area contributed by atoms with Gasteiger partial charge in [0.25, 0.3) is 0 Å². The first-order valence-corrected chi connectivity index (χ1v) is 5.48. The Bertz CT molecular complexity index is 552. The SMILES string of the molecule is CC1=NCc2c1sc1nc(C)ccc21. The normalized spacial score (nSPS) is 14.6. The van der Waals surface area contributed by atoms with Crippen LogP contribution in [0.1, 0.15) is 23.1 Å². The zero-order valence-electron chi connectivity index (χ0n) is 8.16. The van der Waals surface area contributed by atoms with Gasteiger partial charge in [0.1, 0.15) is 4.83 Å². The fraction of sp³-hybridized carbons (Fsp3) is 0.273. The summed E-state index contributed by atoms with van der Waals surface area (Å²) in [5, 5.41) is 1.29. The predicted octanol–water partition coefficient (Wildman–Crippen LogP) is 2.93. The minimum Gasteiger partial charge on any atom is -0.284 e. The lowest BCUT2D eigenvalue weighted by atomic mass is 10.1. The molecule has 0 atom stereocenters. The van der Waals surface area contributed by atoms with Gasteiger partial charge in [-0.25, -0.2) is 4.98 Å². The van der Waals surface area contributed by atoms with Crippen LogP contribution in [0.4, 0.5) is 0 Å². The van der Waals surface area contributed by atoms with E-state index in [2.05, 4.69) is 29.0 Å². The molecule has 0 spiro atoms. The molecule has 1 aliphatic heterocycles. The zero-order chi connectivity index (χ0) is 9.71. The van der Waals surface area contributed by atoms with E-state index in [4.69, 9.17) is 0 Å². The summed E-state index contributed by atoms with van der Waals surface area (Å²) in [5.74, 6) is 0. The van der Waals surface area contributed by atoms with Crippen molar-refractivity contribution < 1.29 is 0 Å². The Kier molecular flexibility index (Phi) is 1.53. The van der Waals surface area contributed by atoms with E-state index < -0.39 is 0 Å². The summed E-state index contributed by atoms with van der Waals surface area (Å²) in [7, 11) is 0. The lowest BCUT2D eigenvalue weighted by molar-refractivity contribution is 1.12. The lowest BCUT2D eigenvalue weighted by Crippen LogP contribution is -1.83. The van der Waals surface area contributed by atoms with Gasteiger partial charge < -0.3 is 0 Å². The molecule has 0 unspecified atom stereocenters. The van der Waals surface area contributed by atoms with Gasteiger partial charge in [-0.2, -0.15) is 0 Å². The monoisotopic (exact) mass is 202 g/mol. The Morgan fingerprint density at radius 2 is 2.14 bits per heavy atom. The second kappa shape index (κ2) is 2.64. The molecule has 2 nitrogen and oxygen atoms in total. The number of aromatic nitrogens is 1. The molecule has 1 aliphatic rings. The highest BCUT2D eigenvalue weighted by Gasteiger charge is 2.18. The van der Waals surface area contributed by atoms with Crippen LogP contribution >= 0.6 is 11.3 Å². The molecule has 2 aromatic rings. The van der Waals surface area contributed by atoms with E-state index in [1.54, 1.807) is 11.3 Å². The average Bonchev–Trinajstić information content (AvgIpc) is 2.66. The Balaban J connectivity index is 2.39. The number of rotatable bonds is 0. The third kappa shape index (κ3) is 0.960. The van der Waals surface area contributed by atoms with Crippen molar-refractivity contribution in [2.75, 3.05) is 0 Å². The summed E-state index contributed by atoms with van der Waals surface area (Å²) in [4.78, 5) is 11.5. The molecule has 3 heteroatoms. The quantitative estimate of drug-likeness (QED) is 0.644. The minimum atomic E-state index is 0.839. The molecule has 0 saturated heterocycles. The molecule has 0 amide bonds. The summed E-state index contributed by atoms with van der Waals surface area (Å²) in [6, 6.07) is 4.24. The molecule has 70 valence electrons. The molecule has 3 rings (SSSR count). The summed E-state index contributed by atoms with van der Waals surface area (Å²) in [6.07, 6.45) is 0. The third-order valence-electron chi connectivity index (χ3n) is 2.60. The molecule has 14 heavy (non-hydrogen) atoms. The number of thiophene rings is 1. The van der Waals surface area contributed by atoms with Crippen molar-refractivity contribution in [1.82, 2.24) is 4.98 Å². The van der Waals surface area contributed by atoms with Gasteiger partial charge in [-0.3, -0.25) is 4.99 Å². The molecule has 0 N–H and O–H groups in total. The van der Waals surface area contributed by atoms with E-state index in [0.29, 0.717) is 0 Å². The molecule has 0 radical (unpaired) electrons. The highest BCUT2D eigenvalue weighted by atomic mass is 32.1. The summed E-state index contributed by atoms with van der Waals surface area (Å²) >= 11 is 1.77. The van der Waals surface area contributed by atoms with Crippen LogP contribution in [0, 0.1) is 6.92 Å². The number of hydrogen-bond donors (Lipinski definition) is 0. The number of nitrogens with zero attached hydrogens (tertiary/aromatic N) is 2. The largest absolute Gasteiger partial charge is 0.284 e. The molecule has 0 aromatic carbocycles. The number of aryl methyl sites for hydroxylation is 1. The standard InChI is InChI=1S/C11H10N2S/c1-6-3-4-8-9-5-12-7(2)10(9)14-11(8)13-6/h3-4H,5H2,1-2H3. The lowest BCUT2D eigenvalue weighted by Gasteiger charge is -1.93. The van der Waals surface area contributed by atoms with Gasteiger partial charge in [0.05, 0.1) is 11.4 Å². The van der Waals surface area contributed by atoms with Crippen LogP contribution in [0.25, 0.3) is 10.2 Å². The molecule has 2 aromatic heterocycles. The first-order chi connectivity index (χ1) is 6.75. The van der Waals surface area contributed by atoms with Crippen molar-refractivity contribution in [1.29, 1.82) is 0 Å². The maximum absolute atomic E-state index is 4.54. The van der Waals surface area contributed by atoms with Gasteiger partial charge in [-0.05, 0) is 26.0 Å². The van der Waals surface area contributed by atoms with E-state index in [9.17, 15) is 0 Å². The van der Waals surface area contributed by atoms with Gasteiger partial charge >= 0.3 is 0 Å². The average molecular weight is 202 g/mol. The van der Waals surface area contributed by atoms with Crippen molar-refractivity contribution in [3.63, 3.8) is 0 Å². The number of hydrogen-bond acceptors (Lipinski definition) is 3. The first-order valence-electron chi connectivity index (χ1n) is 4.66. The maximum Gasteiger partial charge on any atom is 0.124 e. The van der Waals surface area contributed by atoms with Crippen LogP contribution in [0.3, 0.4) is 0 Å². The molecule has 0 aliphatic carbocycles. The van der Waals surface area contributed by atoms with E-state index in [0.717, 1.165) is 17.1 Å². The predicted molar refractivity (Wildman–Crippen MR) is 60.3 cm³/mol. The maximum atomic E-state index is 4.54. The van der Waals surface area contributed by atoms with Gasteiger partial charge in [0.15, 0.2) is 0 Å². The highest BCUT2D eigenvalue weighted by molar-refractivity contribution is 7.20. The van der Waals surface area contributed by atoms with Crippen molar-refractivity contribution in [2.45, 2.75) is 20.4 Å². The van der Waals surface area contributed by atoms with Crippen molar-refractivity contribution >= 4 is 27.3 Å². The van der Waals surface area contributed by atoms with E-state index in [1.165, 1.54) is 21.5 Å². The Morgan fingerprint density at radius 3 is 3.00 bits per heavy atom. The first kappa shape index (κ1) is 8.12.